The number of Topliss-reactive ketones (excluding diaryl/α,β-unsaturated/α-hetero) is 1. The van der Waals surface area contributed by atoms with Crippen LogP contribution >= 0.6 is 11.8 Å². The molecule has 20 heavy (non-hydrogen) atoms. The number of thioether (sulfide) groups is 1. The van der Waals surface area contributed by atoms with Crippen LogP contribution in [0.15, 0.2) is 0 Å². The van der Waals surface area contributed by atoms with Crippen LogP contribution in [0.25, 0.3) is 0 Å². The summed E-state index contributed by atoms with van der Waals surface area (Å²) in [6.45, 7) is 8.74. The summed E-state index contributed by atoms with van der Waals surface area (Å²) in [6, 6.07) is -0.830. The van der Waals surface area contributed by atoms with E-state index < -0.39 is 29.3 Å². The second kappa shape index (κ2) is 8.29. The van der Waals surface area contributed by atoms with E-state index in [2.05, 4.69) is 5.32 Å². The van der Waals surface area contributed by atoms with Gasteiger partial charge in [-0.1, -0.05) is 6.92 Å². The standard InChI is InChI=1S/C14H25NO4S/c1-9(20-6)7-8-11(16)12(17)15-10(2)13(18)19-14(3,4)5/h9-10H,7-8H2,1-6H3,(H,15,17). The largest absolute Gasteiger partial charge is 0.458 e. The van der Waals surface area contributed by atoms with Gasteiger partial charge in [0.25, 0.3) is 5.91 Å². The fourth-order valence-electron chi connectivity index (χ4n) is 1.29. The van der Waals surface area contributed by atoms with Gasteiger partial charge in [0.05, 0.1) is 0 Å². The molecule has 0 aromatic carbocycles. The minimum atomic E-state index is -0.830. The van der Waals surface area contributed by atoms with Gasteiger partial charge in [-0.3, -0.25) is 9.59 Å². The first-order valence-corrected chi connectivity index (χ1v) is 7.95. The van der Waals surface area contributed by atoms with Crippen molar-refractivity contribution in [1.29, 1.82) is 0 Å². The Morgan fingerprint density at radius 2 is 1.75 bits per heavy atom. The van der Waals surface area contributed by atoms with Gasteiger partial charge in [-0.05, 0) is 40.4 Å². The maximum Gasteiger partial charge on any atom is 0.328 e. The number of hydrogen-bond donors (Lipinski definition) is 1. The maximum atomic E-state index is 11.7. The lowest BCUT2D eigenvalue weighted by molar-refractivity contribution is -0.158. The van der Waals surface area contributed by atoms with E-state index in [9.17, 15) is 14.4 Å². The van der Waals surface area contributed by atoms with E-state index in [-0.39, 0.29) is 6.42 Å². The number of nitrogens with one attached hydrogen (secondary N) is 1. The average molecular weight is 303 g/mol. The molecular weight excluding hydrogens is 278 g/mol. The van der Waals surface area contributed by atoms with Crippen LogP contribution in [-0.2, 0) is 19.1 Å². The predicted octanol–water partition coefficient (Wildman–Crippen LogP) is 1.93. The molecule has 5 nitrogen and oxygen atoms in total. The van der Waals surface area contributed by atoms with Crippen molar-refractivity contribution in [3.8, 4) is 0 Å². The molecular formula is C14H25NO4S. The number of ether oxygens (including phenoxy) is 1. The van der Waals surface area contributed by atoms with Crippen molar-refractivity contribution in [2.45, 2.75) is 64.4 Å². The first kappa shape index (κ1) is 19.0. The summed E-state index contributed by atoms with van der Waals surface area (Å²) in [5.74, 6) is -1.77. The molecule has 116 valence electrons. The highest BCUT2D eigenvalue weighted by atomic mass is 32.2. The lowest BCUT2D eigenvalue weighted by atomic mass is 10.1. The zero-order valence-corrected chi connectivity index (χ0v) is 13.9. The molecule has 0 aliphatic carbocycles. The van der Waals surface area contributed by atoms with Gasteiger partial charge in [0, 0.05) is 11.7 Å². The zero-order chi connectivity index (χ0) is 15.9. The van der Waals surface area contributed by atoms with E-state index in [1.54, 1.807) is 32.5 Å². The van der Waals surface area contributed by atoms with Gasteiger partial charge < -0.3 is 10.1 Å². The lowest BCUT2D eigenvalue weighted by Crippen LogP contribution is -2.44. The highest BCUT2D eigenvalue weighted by molar-refractivity contribution is 7.99. The summed E-state index contributed by atoms with van der Waals surface area (Å²) in [4.78, 5) is 35.0. The van der Waals surface area contributed by atoms with Crippen molar-refractivity contribution in [2.75, 3.05) is 6.26 Å². The molecule has 0 saturated carbocycles. The summed E-state index contributed by atoms with van der Waals surface area (Å²) in [7, 11) is 0. The fraction of sp³-hybridized carbons (Fsp3) is 0.786. The van der Waals surface area contributed by atoms with Crippen LogP contribution in [0.3, 0.4) is 0 Å². The van der Waals surface area contributed by atoms with Crippen LogP contribution in [0.4, 0.5) is 0 Å². The SMILES string of the molecule is CSC(C)CCC(=O)C(=O)NC(C)C(=O)OC(C)(C)C. The smallest absolute Gasteiger partial charge is 0.328 e. The molecule has 0 heterocycles. The van der Waals surface area contributed by atoms with Crippen LogP contribution in [0.1, 0.15) is 47.5 Å². The number of rotatable bonds is 7. The Bertz CT molecular complexity index is 363. The predicted molar refractivity (Wildman–Crippen MR) is 80.7 cm³/mol. The molecule has 0 aromatic rings. The van der Waals surface area contributed by atoms with E-state index >= 15 is 0 Å². The lowest BCUT2D eigenvalue weighted by Gasteiger charge is -2.22. The Labute approximate surface area is 125 Å². The molecule has 2 unspecified atom stereocenters. The molecule has 0 aliphatic rings. The molecule has 0 rings (SSSR count). The second-order valence-electron chi connectivity index (χ2n) is 5.74. The minimum Gasteiger partial charge on any atom is -0.458 e. The van der Waals surface area contributed by atoms with Gasteiger partial charge in [0.1, 0.15) is 11.6 Å². The van der Waals surface area contributed by atoms with Crippen LogP contribution in [0.2, 0.25) is 0 Å². The number of ketones is 1. The van der Waals surface area contributed by atoms with Crippen LogP contribution in [0.5, 0.6) is 0 Å². The molecule has 1 amide bonds. The topological polar surface area (TPSA) is 72.5 Å². The summed E-state index contributed by atoms with van der Waals surface area (Å²) in [5, 5.41) is 2.70. The molecule has 0 spiro atoms. The third-order valence-electron chi connectivity index (χ3n) is 2.54. The van der Waals surface area contributed by atoms with Crippen molar-refractivity contribution in [1.82, 2.24) is 5.32 Å². The second-order valence-corrected chi connectivity index (χ2v) is 7.01. The average Bonchev–Trinajstić information content (AvgIpc) is 2.32. The highest BCUT2D eigenvalue weighted by Gasteiger charge is 2.25. The number of esters is 1. The minimum absolute atomic E-state index is 0.189. The van der Waals surface area contributed by atoms with E-state index in [0.717, 1.165) is 0 Å². The number of carbonyl (C=O) groups excluding carboxylic acids is 3. The van der Waals surface area contributed by atoms with Crippen molar-refractivity contribution < 1.29 is 19.1 Å². The maximum absolute atomic E-state index is 11.7. The monoisotopic (exact) mass is 303 g/mol. The van der Waals surface area contributed by atoms with Crippen LogP contribution < -0.4 is 5.32 Å². The first-order valence-electron chi connectivity index (χ1n) is 6.66. The summed E-state index contributed by atoms with van der Waals surface area (Å²) in [5.41, 5.74) is -0.617. The molecule has 0 bridgehead atoms. The van der Waals surface area contributed by atoms with Crippen molar-refractivity contribution >= 4 is 29.4 Å². The molecule has 0 radical (unpaired) electrons. The van der Waals surface area contributed by atoms with E-state index in [0.29, 0.717) is 11.7 Å². The Hall–Kier alpha value is -1.04. The normalized spacial score (nSPS) is 14.3. The van der Waals surface area contributed by atoms with Gasteiger partial charge in [0.2, 0.25) is 5.78 Å². The van der Waals surface area contributed by atoms with Crippen molar-refractivity contribution in [3.05, 3.63) is 0 Å². The summed E-state index contributed by atoms with van der Waals surface area (Å²) < 4.78 is 5.13. The Morgan fingerprint density at radius 1 is 1.20 bits per heavy atom. The summed E-state index contributed by atoms with van der Waals surface area (Å²) >= 11 is 1.65. The van der Waals surface area contributed by atoms with Crippen molar-refractivity contribution in [2.24, 2.45) is 0 Å². The van der Waals surface area contributed by atoms with Gasteiger partial charge in [-0.2, -0.15) is 11.8 Å². The van der Waals surface area contributed by atoms with E-state index in [1.165, 1.54) is 6.92 Å². The Morgan fingerprint density at radius 3 is 2.20 bits per heavy atom. The zero-order valence-electron chi connectivity index (χ0n) is 13.1. The molecule has 0 saturated heterocycles. The van der Waals surface area contributed by atoms with Gasteiger partial charge >= 0.3 is 5.97 Å². The molecule has 2 atom stereocenters. The molecule has 0 aromatic heterocycles. The quantitative estimate of drug-likeness (QED) is 0.575. The summed E-state index contributed by atoms with van der Waals surface area (Å²) in [6.07, 6.45) is 2.79. The third-order valence-corrected chi connectivity index (χ3v) is 3.58. The fourth-order valence-corrected chi connectivity index (χ4v) is 1.65. The number of hydrogen-bond acceptors (Lipinski definition) is 5. The highest BCUT2D eigenvalue weighted by Crippen LogP contribution is 2.12. The van der Waals surface area contributed by atoms with Gasteiger partial charge in [-0.15, -0.1) is 0 Å². The van der Waals surface area contributed by atoms with Crippen molar-refractivity contribution in [3.63, 3.8) is 0 Å². The third kappa shape index (κ3) is 8.19. The molecule has 6 heteroatoms. The van der Waals surface area contributed by atoms with Crippen LogP contribution in [-0.4, -0.2) is 40.8 Å². The van der Waals surface area contributed by atoms with Gasteiger partial charge in [-0.25, -0.2) is 4.79 Å². The Balaban J connectivity index is 4.25. The molecule has 0 aliphatic heterocycles. The van der Waals surface area contributed by atoms with Crippen LogP contribution in [0, 0.1) is 0 Å². The number of amides is 1. The Kier molecular flexibility index (Phi) is 7.86. The molecule has 0 fully saturated rings. The number of carbonyl (C=O) groups is 3. The van der Waals surface area contributed by atoms with Gasteiger partial charge in [0.15, 0.2) is 0 Å². The van der Waals surface area contributed by atoms with E-state index in [4.69, 9.17) is 4.74 Å². The van der Waals surface area contributed by atoms with E-state index in [1.807, 2.05) is 13.2 Å². The molecule has 1 N–H and O–H groups in total. The first-order chi connectivity index (χ1) is 9.06.